The molecule has 0 atom stereocenters. The lowest BCUT2D eigenvalue weighted by Crippen LogP contribution is -2.24. The third kappa shape index (κ3) is 5.26. The van der Waals surface area contributed by atoms with Gasteiger partial charge in [0.15, 0.2) is 5.75 Å². The summed E-state index contributed by atoms with van der Waals surface area (Å²) >= 11 is 0. The van der Waals surface area contributed by atoms with Gasteiger partial charge in [-0.3, -0.25) is 14.9 Å². The van der Waals surface area contributed by atoms with E-state index in [1.165, 1.54) is 12.1 Å². The fourth-order valence-electron chi connectivity index (χ4n) is 1.53. The van der Waals surface area contributed by atoms with Crippen molar-refractivity contribution in [2.45, 2.75) is 39.7 Å². The SMILES string of the molecule is Cc1ccc(OCCC(=O)OC(C)(C)C)c([N+](=O)[O-])c1. The first-order valence-electron chi connectivity index (χ1n) is 6.29. The summed E-state index contributed by atoms with van der Waals surface area (Å²) in [5.74, 6) is -0.239. The lowest BCUT2D eigenvalue weighted by atomic mass is 10.2. The second-order valence-electron chi connectivity index (χ2n) is 5.41. The molecule has 20 heavy (non-hydrogen) atoms. The summed E-state index contributed by atoms with van der Waals surface area (Å²) in [7, 11) is 0. The monoisotopic (exact) mass is 281 g/mol. The number of hydrogen-bond acceptors (Lipinski definition) is 5. The molecular formula is C14H19NO5. The Morgan fingerprint density at radius 1 is 1.35 bits per heavy atom. The van der Waals surface area contributed by atoms with E-state index in [0.29, 0.717) is 0 Å². The van der Waals surface area contributed by atoms with Crippen LogP contribution in [0.25, 0.3) is 0 Å². The number of hydrogen-bond donors (Lipinski definition) is 0. The quantitative estimate of drug-likeness (QED) is 0.471. The van der Waals surface area contributed by atoms with Gasteiger partial charge >= 0.3 is 11.7 Å². The summed E-state index contributed by atoms with van der Waals surface area (Å²) in [6.07, 6.45) is 0.0439. The Hall–Kier alpha value is -2.11. The molecule has 0 bridgehead atoms. The van der Waals surface area contributed by atoms with Gasteiger partial charge in [0.2, 0.25) is 0 Å². The van der Waals surface area contributed by atoms with Crippen molar-refractivity contribution in [2.24, 2.45) is 0 Å². The van der Waals surface area contributed by atoms with Crippen molar-refractivity contribution in [3.05, 3.63) is 33.9 Å². The van der Waals surface area contributed by atoms with Crippen LogP contribution < -0.4 is 4.74 Å². The normalized spacial score (nSPS) is 11.0. The van der Waals surface area contributed by atoms with E-state index in [9.17, 15) is 14.9 Å². The zero-order valence-corrected chi connectivity index (χ0v) is 12.1. The van der Waals surface area contributed by atoms with Gasteiger partial charge in [-0.25, -0.2) is 0 Å². The number of nitro groups is 1. The first-order valence-corrected chi connectivity index (χ1v) is 6.29. The van der Waals surface area contributed by atoms with Gasteiger partial charge < -0.3 is 9.47 Å². The molecule has 0 aromatic heterocycles. The standard InChI is InChI=1S/C14H19NO5/c1-10-5-6-12(11(9-10)15(17)18)19-8-7-13(16)20-14(2,3)4/h5-6,9H,7-8H2,1-4H3. The minimum atomic E-state index is -0.549. The van der Waals surface area contributed by atoms with Crippen molar-refractivity contribution < 1.29 is 19.2 Å². The molecule has 0 unspecified atom stereocenters. The maximum absolute atomic E-state index is 11.5. The molecular weight excluding hydrogens is 262 g/mol. The Kier molecular flexibility index (Phi) is 5.07. The van der Waals surface area contributed by atoms with E-state index in [0.717, 1.165) is 5.56 Å². The zero-order chi connectivity index (χ0) is 15.3. The molecule has 0 fully saturated rings. The molecule has 0 radical (unpaired) electrons. The number of carbonyl (C=O) groups is 1. The van der Waals surface area contributed by atoms with Crippen molar-refractivity contribution in [1.29, 1.82) is 0 Å². The van der Waals surface area contributed by atoms with Gasteiger partial charge in [0.25, 0.3) is 0 Å². The van der Waals surface area contributed by atoms with E-state index < -0.39 is 16.5 Å². The predicted octanol–water partition coefficient (Wildman–Crippen LogP) is 3.01. The average Bonchev–Trinajstić information content (AvgIpc) is 2.28. The van der Waals surface area contributed by atoms with Crippen LogP contribution in [0.3, 0.4) is 0 Å². The summed E-state index contributed by atoms with van der Waals surface area (Å²) < 4.78 is 10.4. The summed E-state index contributed by atoms with van der Waals surface area (Å²) in [4.78, 5) is 21.9. The smallest absolute Gasteiger partial charge is 0.311 e. The number of carbonyl (C=O) groups excluding carboxylic acids is 1. The van der Waals surface area contributed by atoms with Gasteiger partial charge in [0, 0.05) is 6.07 Å². The van der Waals surface area contributed by atoms with Gasteiger partial charge in [-0.05, 0) is 39.3 Å². The van der Waals surface area contributed by atoms with E-state index in [1.54, 1.807) is 33.8 Å². The molecule has 1 rings (SSSR count). The minimum absolute atomic E-state index is 0.0405. The third-order valence-corrected chi connectivity index (χ3v) is 2.29. The fraction of sp³-hybridized carbons (Fsp3) is 0.500. The Bertz CT molecular complexity index is 505. The molecule has 0 aliphatic rings. The van der Waals surface area contributed by atoms with Gasteiger partial charge in [0.1, 0.15) is 5.60 Å². The molecule has 1 aromatic rings. The van der Waals surface area contributed by atoms with E-state index >= 15 is 0 Å². The molecule has 0 N–H and O–H groups in total. The number of ether oxygens (including phenoxy) is 2. The van der Waals surface area contributed by atoms with Crippen molar-refractivity contribution in [3.8, 4) is 5.75 Å². The minimum Gasteiger partial charge on any atom is -0.486 e. The van der Waals surface area contributed by atoms with Crippen molar-refractivity contribution >= 4 is 11.7 Å². The van der Waals surface area contributed by atoms with Crippen LogP contribution in [0.2, 0.25) is 0 Å². The Balaban J connectivity index is 2.58. The van der Waals surface area contributed by atoms with Crippen LogP contribution in [0.1, 0.15) is 32.8 Å². The molecule has 0 saturated carbocycles. The first-order chi connectivity index (χ1) is 9.19. The highest BCUT2D eigenvalue weighted by atomic mass is 16.6. The zero-order valence-electron chi connectivity index (χ0n) is 12.1. The maximum Gasteiger partial charge on any atom is 0.311 e. The highest BCUT2D eigenvalue weighted by molar-refractivity contribution is 5.70. The number of benzene rings is 1. The Labute approximate surface area is 117 Å². The Morgan fingerprint density at radius 2 is 2.00 bits per heavy atom. The molecule has 0 heterocycles. The molecule has 0 aliphatic carbocycles. The Morgan fingerprint density at radius 3 is 2.55 bits per heavy atom. The van der Waals surface area contributed by atoms with Crippen molar-refractivity contribution in [1.82, 2.24) is 0 Å². The third-order valence-electron chi connectivity index (χ3n) is 2.29. The summed E-state index contributed by atoms with van der Waals surface area (Å²) in [6.45, 7) is 7.13. The molecule has 6 nitrogen and oxygen atoms in total. The van der Waals surface area contributed by atoms with Gasteiger partial charge in [-0.2, -0.15) is 0 Å². The second kappa shape index (κ2) is 6.36. The highest BCUT2D eigenvalue weighted by Crippen LogP contribution is 2.27. The van der Waals surface area contributed by atoms with E-state index in [4.69, 9.17) is 9.47 Å². The van der Waals surface area contributed by atoms with Gasteiger partial charge in [-0.15, -0.1) is 0 Å². The molecule has 0 aliphatic heterocycles. The van der Waals surface area contributed by atoms with Crippen molar-refractivity contribution in [2.75, 3.05) is 6.61 Å². The maximum atomic E-state index is 11.5. The fourth-order valence-corrected chi connectivity index (χ4v) is 1.53. The number of rotatable bonds is 5. The topological polar surface area (TPSA) is 78.7 Å². The largest absolute Gasteiger partial charge is 0.486 e. The molecule has 110 valence electrons. The molecule has 0 amide bonds. The van der Waals surface area contributed by atoms with Crippen molar-refractivity contribution in [3.63, 3.8) is 0 Å². The molecule has 6 heteroatoms. The lowest BCUT2D eigenvalue weighted by Gasteiger charge is -2.19. The second-order valence-corrected chi connectivity index (χ2v) is 5.41. The van der Waals surface area contributed by atoms with Crippen LogP contribution in [0.15, 0.2) is 18.2 Å². The number of nitrogens with zero attached hydrogens (tertiary/aromatic N) is 1. The van der Waals surface area contributed by atoms with Crippen LogP contribution in [-0.2, 0) is 9.53 Å². The average molecular weight is 281 g/mol. The van der Waals surface area contributed by atoms with Crippen LogP contribution in [-0.4, -0.2) is 23.1 Å². The summed E-state index contributed by atoms with van der Waals surface area (Å²) in [5.41, 5.74) is 0.123. The van der Waals surface area contributed by atoms with Gasteiger partial charge in [-0.1, -0.05) is 6.07 Å². The van der Waals surface area contributed by atoms with E-state index in [2.05, 4.69) is 0 Å². The number of aryl methyl sites for hydroxylation is 1. The lowest BCUT2D eigenvalue weighted by molar-refractivity contribution is -0.385. The van der Waals surface area contributed by atoms with Crippen LogP contribution in [0.5, 0.6) is 5.75 Å². The molecule has 0 saturated heterocycles. The summed E-state index contributed by atoms with van der Waals surface area (Å²) in [6, 6.07) is 4.68. The van der Waals surface area contributed by atoms with Gasteiger partial charge in [0.05, 0.1) is 18.0 Å². The molecule has 1 aromatic carbocycles. The van der Waals surface area contributed by atoms with Crippen LogP contribution in [0.4, 0.5) is 5.69 Å². The number of nitro benzene ring substituents is 1. The number of esters is 1. The van der Waals surface area contributed by atoms with Crippen LogP contribution in [0, 0.1) is 17.0 Å². The molecule has 0 spiro atoms. The summed E-state index contributed by atoms with van der Waals surface area (Å²) in [5, 5.41) is 10.9. The van der Waals surface area contributed by atoms with Crippen LogP contribution >= 0.6 is 0 Å². The van der Waals surface area contributed by atoms with E-state index in [1.807, 2.05) is 0 Å². The van der Waals surface area contributed by atoms with E-state index in [-0.39, 0.29) is 24.5 Å². The first kappa shape index (κ1) is 15.9. The highest BCUT2D eigenvalue weighted by Gasteiger charge is 2.18. The predicted molar refractivity (Wildman–Crippen MR) is 73.8 cm³/mol.